The average molecular weight is 279 g/mol. The molecule has 0 radical (unpaired) electrons. The van der Waals surface area contributed by atoms with Gasteiger partial charge in [0.2, 0.25) is 0 Å². The van der Waals surface area contributed by atoms with Crippen LogP contribution < -0.4 is 5.73 Å². The number of piperidine rings is 1. The van der Waals surface area contributed by atoms with Crippen molar-refractivity contribution < 1.29 is 14.6 Å². The van der Waals surface area contributed by atoms with Crippen molar-refractivity contribution in [3.63, 3.8) is 0 Å². The Balaban J connectivity index is 1.96. The number of aliphatic hydroxyl groups is 1. The summed E-state index contributed by atoms with van der Waals surface area (Å²) in [6.45, 7) is 3.51. The Hall–Kier alpha value is -1.66. The van der Waals surface area contributed by atoms with Crippen molar-refractivity contribution >= 4 is 11.6 Å². The highest BCUT2D eigenvalue weighted by molar-refractivity contribution is 5.96. The minimum atomic E-state index is -0.0251. The maximum absolute atomic E-state index is 12.4. The molecule has 1 fully saturated rings. The zero-order valence-electron chi connectivity index (χ0n) is 11.7. The number of likely N-dealkylation sites (tertiary alicyclic amines) is 1. The minimum Gasteiger partial charge on any atom is -0.397 e. The van der Waals surface area contributed by atoms with Gasteiger partial charge < -0.3 is 20.5 Å². The summed E-state index contributed by atoms with van der Waals surface area (Å²) >= 11 is 0. The standard InChI is InChI=1S/C14H21N3O3/c1-10-13(8-11(15)9-16-10)14(19)17-4-2-12(3-5-17)20-7-6-18/h8-9,12,18H,2-7,15H2,1H3. The molecule has 1 aromatic heterocycles. The molecule has 20 heavy (non-hydrogen) atoms. The molecule has 0 aromatic carbocycles. The third kappa shape index (κ3) is 3.46. The molecule has 1 aliphatic rings. The summed E-state index contributed by atoms with van der Waals surface area (Å²) in [5.41, 5.74) is 7.46. The Morgan fingerprint density at radius 2 is 2.25 bits per heavy atom. The number of hydrogen-bond acceptors (Lipinski definition) is 5. The number of aromatic nitrogens is 1. The maximum Gasteiger partial charge on any atom is 0.255 e. The molecule has 1 amide bonds. The van der Waals surface area contributed by atoms with Crippen LogP contribution >= 0.6 is 0 Å². The van der Waals surface area contributed by atoms with Crippen LogP contribution in [0.15, 0.2) is 12.3 Å². The number of carbonyl (C=O) groups excluding carboxylic acids is 1. The number of ether oxygens (including phenoxy) is 1. The van der Waals surface area contributed by atoms with E-state index < -0.39 is 0 Å². The number of aliphatic hydroxyl groups excluding tert-OH is 1. The summed E-state index contributed by atoms with van der Waals surface area (Å²) in [7, 11) is 0. The highest BCUT2D eigenvalue weighted by Gasteiger charge is 2.25. The van der Waals surface area contributed by atoms with Gasteiger partial charge in [0.1, 0.15) is 0 Å². The molecule has 1 saturated heterocycles. The fourth-order valence-electron chi connectivity index (χ4n) is 2.38. The van der Waals surface area contributed by atoms with E-state index in [1.807, 2.05) is 11.8 Å². The molecule has 0 unspecified atom stereocenters. The van der Waals surface area contributed by atoms with Crippen LogP contribution in [-0.4, -0.2) is 53.3 Å². The number of nitrogens with two attached hydrogens (primary N) is 1. The van der Waals surface area contributed by atoms with E-state index in [4.69, 9.17) is 15.6 Å². The highest BCUT2D eigenvalue weighted by Crippen LogP contribution is 2.18. The van der Waals surface area contributed by atoms with Gasteiger partial charge in [-0.2, -0.15) is 0 Å². The Bertz CT molecular complexity index is 471. The van der Waals surface area contributed by atoms with E-state index in [2.05, 4.69) is 4.98 Å². The Kier molecular flexibility index (Phi) is 4.92. The normalized spacial score (nSPS) is 16.4. The number of carbonyl (C=O) groups is 1. The molecule has 6 nitrogen and oxygen atoms in total. The molecule has 0 atom stereocenters. The van der Waals surface area contributed by atoms with E-state index in [-0.39, 0.29) is 18.6 Å². The second kappa shape index (κ2) is 6.67. The van der Waals surface area contributed by atoms with Crippen molar-refractivity contribution in [3.8, 4) is 0 Å². The largest absolute Gasteiger partial charge is 0.397 e. The van der Waals surface area contributed by atoms with Crippen LogP contribution in [-0.2, 0) is 4.74 Å². The number of amides is 1. The SMILES string of the molecule is Cc1ncc(N)cc1C(=O)N1CCC(OCCO)CC1. The number of hydrogen-bond donors (Lipinski definition) is 2. The predicted molar refractivity (Wildman–Crippen MR) is 75.3 cm³/mol. The predicted octanol–water partition coefficient (Wildman–Crippen LogP) is 0.586. The molecule has 2 rings (SSSR count). The van der Waals surface area contributed by atoms with Gasteiger partial charge in [-0.3, -0.25) is 9.78 Å². The van der Waals surface area contributed by atoms with Gasteiger partial charge in [-0.25, -0.2) is 0 Å². The van der Waals surface area contributed by atoms with E-state index in [0.717, 1.165) is 12.8 Å². The lowest BCUT2D eigenvalue weighted by Crippen LogP contribution is -2.41. The van der Waals surface area contributed by atoms with E-state index in [0.29, 0.717) is 36.6 Å². The molecular formula is C14H21N3O3. The van der Waals surface area contributed by atoms with Gasteiger partial charge in [0.15, 0.2) is 0 Å². The topological polar surface area (TPSA) is 88.7 Å². The number of rotatable bonds is 4. The van der Waals surface area contributed by atoms with Gasteiger partial charge in [0.25, 0.3) is 5.91 Å². The first-order valence-corrected chi connectivity index (χ1v) is 6.85. The van der Waals surface area contributed by atoms with Gasteiger partial charge in [-0.15, -0.1) is 0 Å². The van der Waals surface area contributed by atoms with Crippen molar-refractivity contribution in [2.45, 2.75) is 25.9 Å². The van der Waals surface area contributed by atoms with Crippen molar-refractivity contribution in [3.05, 3.63) is 23.5 Å². The number of nitrogens with zero attached hydrogens (tertiary/aromatic N) is 2. The van der Waals surface area contributed by atoms with E-state index in [1.165, 1.54) is 0 Å². The number of nitrogen functional groups attached to an aromatic ring is 1. The van der Waals surface area contributed by atoms with E-state index in [9.17, 15) is 4.79 Å². The summed E-state index contributed by atoms with van der Waals surface area (Å²) in [5.74, 6) is -0.0251. The zero-order chi connectivity index (χ0) is 14.5. The molecule has 110 valence electrons. The van der Waals surface area contributed by atoms with Crippen molar-refractivity contribution in [2.24, 2.45) is 0 Å². The van der Waals surface area contributed by atoms with Crippen LogP contribution in [0.25, 0.3) is 0 Å². The smallest absolute Gasteiger partial charge is 0.255 e. The lowest BCUT2D eigenvalue weighted by atomic mass is 10.1. The van der Waals surface area contributed by atoms with Gasteiger partial charge in [-0.1, -0.05) is 0 Å². The van der Waals surface area contributed by atoms with E-state index in [1.54, 1.807) is 12.3 Å². The molecule has 6 heteroatoms. The van der Waals surface area contributed by atoms with Crippen LogP contribution in [0.4, 0.5) is 5.69 Å². The average Bonchev–Trinajstić information content (AvgIpc) is 2.47. The molecule has 0 aliphatic carbocycles. The molecule has 1 aliphatic heterocycles. The number of anilines is 1. The van der Waals surface area contributed by atoms with Crippen molar-refractivity contribution in [1.82, 2.24) is 9.88 Å². The molecule has 3 N–H and O–H groups in total. The van der Waals surface area contributed by atoms with Crippen molar-refractivity contribution in [2.75, 3.05) is 32.0 Å². The first kappa shape index (κ1) is 14.7. The van der Waals surface area contributed by atoms with Crippen LogP contribution in [0.5, 0.6) is 0 Å². The summed E-state index contributed by atoms with van der Waals surface area (Å²) < 4.78 is 5.49. The monoisotopic (exact) mass is 279 g/mol. The maximum atomic E-state index is 12.4. The third-order valence-corrected chi connectivity index (χ3v) is 3.51. The summed E-state index contributed by atoms with van der Waals surface area (Å²) in [5, 5.41) is 8.73. The van der Waals surface area contributed by atoms with E-state index >= 15 is 0 Å². The Labute approximate surface area is 118 Å². The van der Waals surface area contributed by atoms with Crippen LogP contribution in [0.3, 0.4) is 0 Å². The van der Waals surface area contributed by atoms with Crippen molar-refractivity contribution in [1.29, 1.82) is 0 Å². The third-order valence-electron chi connectivity index (χ3n) is 3.51. The first-order chi connectivity index (χ1) is 9.61. The summed E-state index contributed by atoms with van der Waals surface area (Å²) in [4.78, 5) is 18.4. The highest BCUT2D eigenvalue weighted by atomic mass is 16.5. The van der Waals surface area contributed by atoms with Gasteiger partial charge >= 0.3 is 0 Å². The van der Waals surface area contributed by atoms with Gasteiger partial charge in [0, 0.05) is 13.1 Å². The second-order valence-electron chi connectivity index (χ2n) is 4.99. The summed E-state index contributed by atoms with van der Waals surface area (Å²) in [6, 6.07) is 1.68. The Morgan fingerprint density at radius 3 is 2.90 bits per heavy atom. The lowest BCUT2D eigenvalue weighted by Gasteiger charge is -2.32. The molecular weight excluding hydrogens is 258 g/mol. The van der Waals surface area contributed by atoms with Crippen LogP contribution in [0.2, 0.25) is 0 Å². The minimum absolute atomic E-state index is 0.0251. The van der Waals surface area contributed by atoms with Crippen LogP contribution in [0.1, 0.15) is 28.9 Å². The number of aryl methyl sites for hydroxylation is 1. The number of pyridine rings is 1. The fraction of sp³-hybridized carbons (Fsp3) is 0.571. The zero-order valence-corrected chi connectivity index (χ0v) is 11.7. The molecule has 0 bridgehead atoms. The fourth-order valence-corrected chi connectivity index (χ4v) is 2.38. The van der Waals surface area contributed by atoms with Gasteiger partial charge in [0.05, 0.1) is 42.5 Å². The van der Waals surface area contributed by atoms with Crippen LogP contribution in [0, 0.1) is 6.92 Å². The molecule has 0 spiro atoms. The molecule has 1 aromatic rings. The first-order valence-electron chi connectivity index (χ1n) is 6.85. The second-order valence-corrected chi connectivity index (χ2v) is 4.99. The quantitative estimate of drug-likeness (QED) is 0.842. The lowest BCUT2D eigenvalue weighted by molar-refractivity contribution is -0.00556. The molecule has 2 heterocycles. The Morgan fingerprint density at radius 1 is 1.55 bits per heavy atom. The summed E-state index contributed by atoms with van der Waals surface area (Å²) in [6.07, 6.45) is 3.27. The molecule has 0 saturated carbocycles. The van der Waals surface area contributed by atoms with Gasteiger partial charge in [-0.05, 0) is 25.8 Å².